The normalized spacial score (nSPS) is 13.2. The Morgan fingerprint density at radius 2 is 1.90 bits per heavy atom. The summed E-state index contributed by atoms with van der Waals surface area (Å²) in [4.78, 5) is 21.7. The van der Waals surface area contributed by atoms with E-state index in [1.165, 1.54) is 0 Å². The van der Waals surface area contributed by atoms with Crippen molar-refractivity contribution in [2.45, 2.75) is 58.2 Å². The molecule has 4 nitrogen and oxygen atoms in total. The van der Waals surface area contributed by atoms with Gasteiger partial charge in [0, 0.05) is 0 Å². The van der Waals surface area contributed by atoms with Crippen molar-refractivity contribution in [2.24, 2.45) is 0 Å². The molecular weight excluding hydrogens is 256 g/mol. The van der Waals surface area contributed by atoms with Crippen LogP contribution >= 0.6 is 0 Å². The molecule has 1 N–H and O–H groups in total. The Hall–Kier alpha value is -1.39. The molecule has 4 heteroatoms. The summed E-state index contributed by atoms with van der Waals surface area (Å²) in [5.74, 6) is -0.982. The number of carbonyl (C=O) groups is 1. The minimum absolute atomic E-state index is 0.466. The number of carboxylic acids is 1. The first-order valence-corrected chi connectivity index (χ1v) is 7.10. The van der Waals surface area contributed by atoms with Gasteiger partial charge in [-0.3, -0.25) is 0 Å². The van der Waals surface area contributed by atoms with Crippen LogP contribution in [0.3, 0.4) is 0 Å². The molecule has 0 spiro atoms. The first-order valence-electron chi connectivity index (χ1n) is 7.10. The molecule has 0 saturated carbocycles. The predicted molar refractivity (Wildman–Crippen MR) is 77.2 cm³/mol. The Balaban J connectivity index is 2.55. The molecule has 112 valence electrons. The number of unbranched alkanes of at least 4 members (excludes halogenated alkanes) is 2. The summed E-state index contributed by atoms with van der Waals surface area (Å²) in [5.41, 5.74) is 0.261. The molecule has 0 aliphatic heterocycles. The van der Waals surface area contributed by atoms with E-state index in [1.54, 1.807) is 0 Å². The highest BCUT2D eigenvalue weighted by Gasteiger charge is 2.27. The molecule has 0 aromatic heterocycles. The average Bonchev–Trinajstić information content (AvgIpc) is 2.43. The maximum atomic E-state index is 11.1. The van der Waals surface area contributed by atoms with Crippen LogP contribution < -0.4 is 0 Å². The summed E-state index contributed by atoms with van der Waals surface area (Å²) in [6, 6.07) is 9.60. The Morgan fingerprint density at radius 1 is 1.25 bits per heavy atom. The van der Waals surface area contributed by atoms with E-state index < -0.39 is 17.7 Å². The van der Waals surface area contributed by atoms with Crippen LogP contribution in [0.1, 0.15) is 52.0 Å². The van der Waals surface area contributed by atoms with E-state index in [-0.39, 0.29) is 0 Å². The highest BCUT2D eigenvalue weighted by atomic mass is 17.2. The number of hydrogen-bond donors (Lipinski definition) is 1. The Labute approximate surface area is 120 Å². The average molecular weight is 280 g/mol. The van der Waals surface area contributed by atoms with Gasteiger partial charge < -0.3 is 5.11 Å². The van der Waals surface area contributed by atoms with Gasteiger partial charge in [-0.15, -0.1) is 0 Å². The molecule has 0 aliphatic rings. The third-order valence-electron chi connectivity index (χ3n) is 3.19. The third kappa shape index (κ3) is 5.31. The Bertz CT molecular complexity index is 400. The van der Waals surface area contributed by atoms with E-state index in [4.69, 9.17) is 14.9 Å². The first-order chi connectivity index (χ1) is 9.47. The zero-order valence-corrected chi connectivity index (χ0v) is 12.5. The molecule has 1 rings (SSSR count). The summed E-state index contributed by atoms with van der Waals surface area (Å²) in [6.45, 7) is 5.78. The molecule has 1 aromatic rings. The SMILES string of the molecule is CCCCCC(OOC(C)(C)c1ccccc1)C(=O)O. The third-order valence-corrected chi connectivity index (χ3v) is 3.19. The minimum atomic E-state index is -0.982. The lowest BCUT2D eigenvalue weighted by molar-refractivity contribution is -0.377. The van der Waals surface area contributed by atoms with E-state index in [0.717, 1.165) is 24.8 Å². The molecule has 0 radical (unpaired) electrons. The largest absolute Gasteiger partial charge is 0.479 e. The van der Waals surface area contributed by atoms with Gasteiger partial charge >= 0.3 is 5.97 Å². The van der Waals surface area contributed by atoms with Crippen molar-refractivity contribution < 1.29 is 19.7 Å². The predicted octanol–water partition coefficient (Wildman–Crippen LogP) is 3.90. The summed E-state index contributed by atoms with van der Waals surface area (Å²) in [7, 11) is 0. The maximum Gasteiger partial charge on any atom is 0.336 e. The standard InChI is InChI=1S/C16H24O4/c1-4-5-7-12-14(15(17)18)19-20-16(2,3)13-10-8-6-9-11-13/h6,8-11,14H,4-5,7,12H2,1-3H3,(H,17,18). The number of rotatable bonds is 9. The zero-order valence-electron chi connectivity index (χ0n) is 12.5. The fourth-order valence-electron chi connectivity index (χ4n) is 1.86. The van der Waals surface area contributed by atoms with Crippen LogP contribution in [-0.4, -0.2) is 17.2 Å². The van der Waals surface area contributed by atoms with E-state index in [1.807, 2.05) is 44.2 Å². The lowest BCUT2D eigenvalue weighted by atomic mass is 9.99. The fraction of sp³-hybridized carbons (Fsp3) is 0.562. The smallest absolute Gasteiger partial charge is 0.336 e. The number of hydrogen-bond acceptors (Lipinski definition) is 3. The number of aliphatic carboxylic acids is 1. The van der Waals surface area contributed by atoms with Gasteiger partial charge in [-0.05, 0) is 25.8 Å². The molecule has 1 aromatic carbocycles. The highest BCUT2D eigenvalue weighted by molar-refractivity contribution is 5.72. The van der Waals surface area contributed by atoms with Crippen LogP contribution in [0.4, 0.5) is 0 Å². The van der Waals surface area contributed by atoms with Crippen LogP contribution in [0.25, 0.3) is 0 Å². The number of carboxylic acid groups (broad SMARTS) is 1. The van der Waals surface area contributed by atoms with Crippen molar-refractivity contribution in [3.63, 3.8) is 0 Å². The second kappa shape index (κ2) is 8.02. The second-order valence-electron chi connectivity index (χ2n) is 5.38. The minimum Gasteiger partial charge on any atom is -0.479 e. The van der Waals surface area contributed by atoms with Gasteiger partial charge in [0.05, 0.1) is 0 Å². The fourth-order valence-corrected chi connectivity index (χ4v) is 1.86. The van der Waals surface area contributed by atoms with E-state index in [9.17, 15) is 4.79 Å². The lowest BCUT2D eigenvalue weighted by Crippen LogP contribution is -2.30. The van der Waals surface area contributed by atoms with Crippen LogP contribution in [-0.2, 0) is 20.2 Å². The van der Waals surface area contributed by atoms with Crippen molar-refractivity contribution in [1.82, 2.24) is 0 Å². The molecule has 0 saturated heterocycles. The van der Waals surface area contributed by atoms with Crippen LogP contribution in [0.15, 0.2) is 30.3 Å². The van der Waals surface area contributed by atoms with Crippen LogP contribution in [0, 0.1) is 0 Å². The number of benzene rings is 1. The van der Waals surface area contributed by atoms with E-state index >= 15 is 0 Å². The van der Waals surface area contributed by atoms with Crippen LogP contribution in [0.2, 0.25) is 0 Å². The van der Waals surface area contributed by atoms with Gasteiger partial charge in [-0.2, -0.15) is 0 Å². The quantitative estimate of drug-likeness (QED) is 0.423. The molecule has 1 atom stereocenters. The van der Waals surface area contributed by atoms with E-state index in [2.05, 4.69) is 6.92 Å². The summed E-state index contributed by atoms with van der Waals surface area (Å²) >= 11 is 0. The molecule has 0 fully saturated rings. The van der Waals surface area contributed by atoms with E-state index in [0.29, 0.717) is 6.42 Å². The summed E-state index contributed by atoms with van der Waals surface area (Å²) in [5, 5.41) is 9.13. The summed E-state index contributed by atoms with van der Waals surface area (Å²) < 4.78 is 0. The summed E-state index contributed by atoms with van der Waals surface area (Å²) in [6.07, 6.45) is 2.42. The second-order valence-corrected chi connectivity index (χ2v) is 5.38. The molecule has 0 amide bonds. The van der Waals surface area contributed by atoms with Gasteiger partial charge in [0.15, 0.2) is 6.10 Å². The van der Waals surface area contributed by atoms with Crippen molar-refractivity contribution in [2.75, 3.05) is 0 Å². The van der Waals surface area contributed by atoms with Crippen molar-refractivity contribution in [3.05, 3.63) is 35.9 Å². The maximum absolute atomic E-state index is 11.1. The molecule has 20 heavy (non-hydrogen) atoms. The van der Waals surface area contributed by atoms with Gasteiger partial charge in [0.2, 0.25) is 0 Å². The molecule has 0 heterocycles. The van der Waals surface area contributed by atoms with Crippen molar-refractivity contribution >= 4 is 5.97 Å². The monoisotopic (exact) mass is 280 g/mol. The van der Waals surface area contributed by atoms with Gasteiger partial charge in [0.1, 0.15) is 5.60 Å². The van der Waals surface area contributed by atoms with Crippen LogP contribution in [0.5, 0.6) is 0 Å². The first kappa shape index (κ1) is 16.7. The Morgan fingerprint density at radius 3 is 2.45 bits per heavy atom. The molecule has 1 unspecified atom stereocenters. The molecule has 0 bridgehead atoms. The van der Waals surface area contributed by atoms with Crippen molar-refractivity contribution in [1.29, 1.82) is 0 Å². The molecular formula is C16H24O4. The van der Waals surface area contributed by atoms with Gasteiger partial charge in [-0.1, -0.05) is 56.5 Å². The van der Waals surface area contributed by atoms with Gasteiger partial charge in [-0.25, -0.2) is 14.6 Å². The van der Waals surface area contributed by atoms with Crippen molar-refractivity contribution in [3.8, 4) is 0 Å². The topological polar surface area (TPSA) is 55.8 Å². The van der Waals surface area contributed by atoms with Gasteiger partial charge in [0.25, 0.3) is 0 Å². The Kier molecular flexibility index (Phi) is 6.68. The lowest BCUT2D eigenvalue weighted by Gasteiger charge is -2.26. The zero-order chi connectivity index (χ0) is 15.0. The molecule has 0 aliphatic carbocycles. The highest BCUT2D eigenvalue weighted by Crippen LogP contribution is 2.25.